The highest BCUT2D eigenvalue weighted by Gasteiger charge is 2.35. The molecule has 2 heterocycles. The van der Waals surface area contributed by atoms with Crippen molar-refractivity contribution in [2.24, 2.45) is 4.99 Å². The molecule has 0 radical (unpaired) electrons. The fourth-order valence-corrected chi connectivity index (χ4v) is 2.17. The maximum atomic E-state index is 12.3. The van der Waals surface area contributed by atoms with E-state index in [-0.39, 0.29) is 6.54 Å². The fraction of sp³-hybridized carbons (Fsp3) is 0.300. The van der Waals surface area contributed by atoms with Crippen LogP contribution >= 0.6 is 11.3 Å². The third-order valence-electron chi connectivity index (χ3n) is 2.09. The summed E-state index contributed by atoms with van der Waals surface area (Å²) in [7, 11) is 0. The molecule has 1 aromatic heterocycles. The molecule has 0 unspecified atom stereocenters. The number of aryl methyl sites for hydroxylation is 1. The van der Waals surface area contributed by atoms with Crippen molar-refractivity contribution < 1.29 is 13.2 Å². The molecule has 0 amide bonds. The SMILES string of the molecule is Cc1ccc(C2=NCC(C(F)(F)F)=C2)s1. The lowest BCUT2D eigenvalue weighted by molar-refractivity contribution is -0.0916. The van der Waals surface area contributed by atoms with E-state index >= 15 is 0 Å². The predicted molar refractivity (Wildman–Crippen MR) is 54.6 cm³/mol. The van der Waals surface area contributed by atoms with Crippen LogP contribution < -0.4 is 0 Å². The summed E-state index contributed by atoms with van der Waals surface area (Å²) in [6, 6.07) is 3.68. The monoisotopic (exact) mass is 231 g/mol. The van der Waals surface area contributed by atoms with Gasteiger partial charge in [0.15, 0.2) is 0 Å². The van der Waals surface area contributed by atoms with Gasteiger partial charge in [0.1, 0.15) is 0 Å². The second-order valence-corrected chi connectivity index (χ2v) is 4.57. The summed E-state index contributed by atoms with van der Waals surface area (Å²) in [6.07, 6.45) is -3.12. The lowest BCUT2D eigenvalue weighted by Crippen LogP contribution is -2.12. The number of aliphatic imine (C=N–C) groups is 1. The summed E-state index contributed by atoms with van der Waals surface area (Å²) in [6.45, 7) is 1.66. The van der Waals surface area contributed by atoms with Gasteiger partial charge in [-0.2, -0.15) is 13.2 Å². The Morgan fingerprint density at radius 1 is 1.33 bits per heavy atom. The summed E-state index contributed by atoms with van der Waals surface area (Å²) in [5, 5.41) is 0. The zero-order valence-electron chi connectivity index (χ0n) is 7.93. The fourth-order valence-electron chi connectivity index (χ4n) is 1.32. The van der Waals surface area contributed by atoms with Crippen LogP contribution in [0.1, 0.15) is 9.75 Å². The van der Waals surface area contributed by atoms with Gasteiger partial charge in [0.05, 0.1) is 22.7 Å². The van der Waals surface area contributed by atoms with Crippen molar-refractivity contribution in [3.8, 4) is 0 Å². The molecule has 0 bridgehead atoms. The van der Waals surface area contributed by atoms with Crippen LogP contribution in [0.15, 0.2) is 28.8 Å². The van der Waals surface area contributed by atoms with Crippen LogP contribution in [0.5, 0.6) is 0 Å². The Hall–Kier alpha value is -1.10. The van der Waals surface area contributed by atoms with Crippen molar-refractivity contribution in [3.63, 3.8) is 0 Å². The quantitative estimate of drug-likeness (QED) is 0.702. The summed E-state index contributed by atoms with van der Waals surface area (Å²) in [4.78, 5) is 5.75. The minimum Gasteiger partial charge on any atom is -0.279 e. The molecule has 1 aromatic rings. The molecule has 0 aliphatic carbocycles. The van der Waals surface area contributed by atoms with Crippen molar-refractivity contribution in [3.05, 3.63) is 33.5 Å². The molecule has 0 saturated carbocycles. The molecule has 0 aromatic carbocycles. The summed E-state index contributed by atoms with van der Waals surface area (Å²) in [5.74, 6) is 0. The lowest BCUT2D eigenvalue weighted by Gasteiger charge is -2.04. The van der Waals surface area contributed by atoms with E-state index in [1.54, 1.807) is 6.07 Å². The topological polar surface area (TPSA) is 12.4 Å². The summed E-state index contributed by atoms with van der Waals surface area (Å²) >= 11 is 1.45. The van der Waals surface area contributed by atoms with E-state index in [9.17, 15) is 13.2 Å². The minimum absolute atomic E-state index is 0.254. The molecule has 1 aliphatic rings. The average Bonchev–Trinajstić information content (AvgIpc) is 2.69. The van der Waals surface area contributed by atoms with Gasteiger partial charge in [-0.1, -0.05) is 0 Å². The van der Waals surface area contributed by atoms with Gasteiger partial charge in [0.25, 0.3) is 0 Å². The van der Waals surface area contributed by atoms with E-state index in [1.165, 1.54) is 11.3 Å². The van der Waals surface area contributed by atoms with Crippen LogP contribution in [-0.2, 0) is 0 Å². The predicted octanol–water partition coefficient (Wildman–Crippen LogP) is 3.35. The maximum absolute atomic E-state index is 12.3. The van der Waals surface area contributed by atoms with Crippen LogP contribution in [0, 0.1) is 6.92 Å². The molecule has 2 rings (SSSR count). The van der Waals surface area contributed by atoms with E-state index in [0.717, 1.165) is 15.8 Å². The molecular formula is C10H8F3NS. The van der Waals surface area contributed by atoms with E-state index in [1.807, 2.05) is 13.0 Å². The highest BCUT2D eigenvalue weighted by Crippen LogP contribution is 2.30. The molecule has 1 aliphatic heterocycles. The Kier molecular flexibility index (Phi) is 2.42. The van der Waals surface area contributed by atoms with Crippen molar-refractivity contribution in [1.82, 2.24) is 0 Å². The Morgan fingerprint density at radius 3 is 2.53 bits per heavy atom. The Labute approximate surface area is 89.0 Å². The highest BCUT2D eigenvalue weighted by atomic mass is 32.1. The maximum Gasteiger partial charge on any atom is 0.414 e. The van der Waals surface area contributed by atoms with Crippen molar-refractivity contribution in [1.29, 1.82) is 0 Å². The van der Waals surface area contributed by atoms with Gasteiger partial charge >= 0.3 is 6.18 Å². The zero-order valence-corrected chi connectivity index (χ0v) is 8.75. The second kappa shape index (κ2) is 3.48. The molecule has 0 spiro atoms. The average molecular weight is 231 g/mol. The first-order chi connectivity index (χ1) is 6.97. The molecule has 5 heteroatoms. The van der Waals surface area contributed by atoms with Gasteiger partial charge < -0.3 is 0 Å². The number of nitrogens with zero attached hydrogens (tertiary/aromatic N) is 1. The van der Waals surface area contributed by atoms with Gasteiger partial charge in [-0.3, -0.25) is 4.99 Å². The van der Waals surface area contributed by atoms with Crippen molar-refractivity contribution >= 4 is 17.0 Å². The molecule has 1 nitrogen and oxygen atoms in total. The lowest BCUT2D eigenvalue weighted by atomic mass is 10.2. The van der Waals surface area contributed by atoms with Crippen molar-refractivity contribution in [2.75, 3.05) is 6.54 Å². The third kappa shape index (κ3) is 2.12. The summed E-state index contributed by atoms with van der Waals surface area (Å²) in [5.41, 5.74) is -0.121. The van der Waals surface area contributed by atoms with Gasteiger partial charge in [-0.15, -0.1) is 11.3 Å². The standard InChI is InChI=1S/C10H8F3NS/c1-6-2-3-9(15-6)8-4-7(5-14-8)10(11,12)13/h2-4H,5H2,1H3. The largest absolute Gasteiger partial charge is 0.414 e. The van der Waals surface area contributed by atoms with Crippen LogP contribution in [-0.4, -0.2) is 18.4 Å². The van der Waals surface area contributed by atoms with Gasteiger partial charge in [-0.25, -0.2) is 0 Å². The van der Waals surface area contributed by atoms with Crippen LogP contribution in [0.2, 0.25) is 0 Å². The zero-order chi connectivity index (χ0) is 11.1. The molecule has 0 saturated heterocycles. The minimum atomic E-state index is -4.25. The van der Waals surface area contributed by atoms with Crippen LogP contribution in [0.25, 0.3) is 0 Å². The third-order valence-corrected chi connectivity index (χ3v) is 3.11. The Morgan fingerprint density at radius 2 is 2.07 bits per heavy atom. The first-order valence-corrected chi connectivity index (χ1v) is 5.17. The highest BCUT2D eigenvalue weighted by molar-refractivity contribution is 7.14. The molecule has 80 valence electrons. The number of rotatable bonds is 1. The smallest absolute Gasteiger partial charge is 0.279 e. The van der Waals surface area contributed by atoms with Crippen molar-refractivity contribution in [2.45, 2.75) is 13.1 Å². The van der Waals surface area contributed by atoms with Gasteiger partial charge in [0, 0.05) is 4.88 Å². The van der Waals surface area contributed by atoms with Crippen LogP contribution in [0.4, 0.5) is 13.2 Å². The number of allylic oxidation sites excluding steroid dienone is 1. The molecule has 0 atom stereocenters. The first kappa shape index (κ1) is 10.4. The number of hydrogen-bond donors (Lipinski definition) is 0. The first-order valence-electron chi connectivity index (χ1n) is 4.36. The molecule has 0 N–H and O–H groups in total. The molecule has 0 fully saturated rings. The Balaban J connectivity index is 2.25. The van der Waals surface area contributed by atoms with E-state index in [0.29, 0.717) is 5.71 Å². The Bertz CT molecular complexity index is 440. The van der Waals surface area contributed by atoms with E-state index < -0.39 is 11.7 Å². The molecular weight excluding hydrogens is 223 g/mol. The summed E-state index contributed by atoms with van der Waals surface area (Å²) < 4.78 is 37.0. The number of thiophene rings is 1. The number of halogens is 3. The molecule has 15 heavy (non-hydrogen) atoms. The van der Waals surface area contributed by atoms with E-state index in [4.69, 9.17) is 0 Å². The second-order valence-electron chi connectivity index (χ2n) is 3.28. The van der Waals surface area contributed by atoms with Gasteiger partial charge in [-0.05, 0) is 25.1 Å². The van der Waals surface area contributed by atoms with Gasteiger partial charge in [0.2, 0.25) is 0 Å². The number of alkyl halides is 3. The number of hydrogen-bond acceptors (Lipinski definition) is 2. The van der Waals surface area contributed by atoms with Crippen LogP contribution in [0.3, 0.4) is 0 Å². The van der Waals surface area contributed by atoms with E-state index in [2.05, 4.69) is 4.99 Å². The normalized spacial score (nSPS) is 16.5.